The van der Waals surface area contributed by atoms with Gasteiger partial charge in [-0.25, -0.2) is 4.98 Å². The number of rotatable bonds is 4. The largest absolute Gasteiger partial charge is 0.324 e. The molecule has 1 N–H and O–H groups in total. The van der Waals surface area contributed by atoms with E-state index in [9.17, 15) is 4.79 Å². The summed E-state index contributed by atoms with van der Waals surface area (Å²) in [7, 11) is 0. The lowest BCUT2D eigenvalue weighted by Gasteiger charge is -2.19. The van der Waals surface area contributed by atoms with Crippen molar-refractivity contribution in [3.8, 4) is 0 Å². The van der Waals surface area contributed by atoms with E-state index in [4.69, 9.17) is 0 Å². The van der Waals surface area contributed by atoms with Gasteiger partial charge in [-0.15, -0.1) is 0 Å². The van der Waals surface area contributed by atoms with E-state index in [0.717, 1.165) is 22.3 Å². The van der Waals surface area contributed by atoms with E-state index < -0.39 is 6.04 Å². The van der Waals surface area contributed by atoms with Crippen molar-refractivity contribution in [2.45, 2.75) is 6.04 Å². The van der Waals surface area contributed by atoms with Crippen LogP contribution in [0.2, 0.25) is 0 Å². The number of carbonyl (C=O) groups is 1. The molecule has 0 aliphatic heterocycles. The molecule has 0 spiro atoms. The van der Waals surface area contributed by atoms with Crippen molar-refractivity contribution >= 4 is 22.6 Å². The Hall–Kier alpha value is -3.40. The van der Waals surface area contributed by atoms with E-state index in [0.29, 0.717) is 0 Å². The summed E-state index contributed by atoms with van der Waals surface area (Å²) in [5.74, 6) is -0.0967. The summed E-state index contributed by atoms with van der Waals surface area (Å²) in [6.45, 7) is 0. The second-order valence-corrected chi connectivity index (χ2v) is 5.81. The van der Waals surface area contributed by atoms with Crippen LogP contribution >= 0.6 is 0 Å². The Bertz CT molecular complexity index is 993. The van der Waals surface area contributed by atoms with Gasteiger partial charge in [0.25, 0.3) is 5.91 Å². The average Bonchev–Trinajstić information content (AvgIpc) is 3.08. The molecule has 0 fully saturated rings. The Morgan fingerprint density at radius 2 is 1.48 bits per heavy atom. The lowest BCUT2D eigenvalue weighted by molar-refractivity contribution is -0.118. The molecule has 4 rings (SSSR count). The maximum absolute atomic E-state index is 13.1. The summed E-state index contributed by atoms with van der Waals surface area (Å²) in [5.41, 5.74) is 3.49. The molecule has 0 aliphatic carbocycles. The highest BCUT2D eigenvalue weighted by Crippen LogP contribution is 2.25. The topological polar surface area (TPSA) is 46.9 Å². The highest BCUT2D eigenvalue weighted by molar-refractivity contribution is 5.96. The fraction of sp³-hybridized carbons (Fsp3) is 0.0476. The normalized spacial score (nSPS) is 12.0. The van der Waals surface area contributed by atoms with Crippen molar-refractivity contribution in [2.75, 3.05) is 5.32 Å². The van der Waals surface area contributed by atoms with Gasteiger partial charge in [-0.3, -0.25) is 4.79 Å². The zero-order chi connectivity index (χ0) is 17.1. The van der Waals surface area contributed by atoms with E-state index in [1.807, 2.05) is 89.5 Å². The first-order valence-corrected chi connectivity index (χ1v) is 8.15. The van der Waals surface area contributed by atoms with Gasteiger partial charge in [-0.1, -0.05) is 60.7 Å². The van der Waals surface area contributed by atoms with Gasteiger partial charge in [0.15, 0.2) is 0 Å². The lowest BCUT2D eigenvalue weighted by Crippen LogP contribution is -2.26. The zero-order valence-electron chi connectivity index (χ0n) is 13.5. The third-order valence-electron chi connectivity index (χ3n) is 4.16. The molecule has 4 nitrogen and oxygen atoms in total. The molecule has 4 aromatic rings. The minimum absolute atomic E-state index is 0.0967. The Labute approximate surface area is 145 Å². The molecule has 0 saturated carbocycles. The maximum atomic E-state index is 13.1. The third kappa shape index (κ3) is 3.02. The molecular weight excluding hydrogens is 310 g/mol. The predicted molar refractivity (Wildman–Crippen MR) is 99.4 cm³/mol. The zero-order valence-corrected chi connectivity index (χ0v) is 13.5. The van der Waals surface area contributed by atoms with E-state index >= 15 is 0 Å². The van der Waals surface area contributed by atoms with Crippen molar-refractivity contribution in [3.63, 3.8) is 0 Å². The van der Waals surface area contributed by atoms with Crippen molar-refractivity contribution in [2.24, 2.45) is 0 Å². The van der Waals surface area contributed by atoms with Crippen LogP contribution < -0.4 is 5.32 Å². The summed E-state index contributed by atoms with van der Waals surface area (Å²) >= 11 is 0. The molecule has 0 radical (unpaired) electrons. The molecule has 1 amide bonds. The summed E-state index contributed by atoms with van der Waals surface area (Å²) < 4.78 is 1.92. The number of fused-ring (bicyclic) bond motifs is 1. The van der Waals surface area contributed by atoms with E-state index in [-0.39, 0.29) is 5.91 Å². The Balaban J connectivity index is 1.78. The van der Waals surface area contributed by atoms with Gasteiger partial charge in [0.1, 0.15) is 6.04 Å². The first-order chi connectivity index (χ1) is 12.3. The van der Waals surface area contributed by atoms with Gasteiger partial charge in [0.2, 0.25) is 0 Å². The minimum atomic E-state index is -0.492. The van der Waals surface area contributed by atoms with Crippen LogP contribution in [0.1, 0.15) is 11.6 Å². The molecule has 0 unspecified atom stereocenters. The smallest absolute Gasteiger partial charge is 0.252 e. The van der Waals surface area contributed by atoms with Crippen LogP contribution in [-0.2, 0) is 4.79 Å². The molecule has 1 aromatic heterocycles. The number of para-hydroxylation sites is 3. The fourth-order valence-corrected chi connectivity index (χ4v) is 2.99. The number of amides is 1. The first-order valence-electron chi connectivity index (χ1n) is 8.15. The molecule has 25 heavy (non-hydrogen) atoms. The second kappa shape index (κ2) is 6.61. The molecule has 4 heteroatoms. The quantitative estimate of drug-likeness (QED) is 0.608. The van der Waals surface area contributed by atoms with Crippen molar-refractivity contribution in [1.29, 1.82) is 0 Å². The Morgan fingerprint density at radius 1 is 0.840 bits per heavy atom. The Kier molecular flexibility index (Phi) is 4.01. The standard InChI is InChI=1S/C21H17N3O/c25-21(23-17-11-5-2-6-12-17)20(16-9-3-1-4-10-16)24-15-22-18-13-7-8-14-19(18)24/h1-15,20H,(H,23,25)/t20-/m1/s1. The van der Waals surface area contributed by atoms with Crippen LogP contribution in [0, 0.1) is 0 Å². The van der Waals surface area contributed by atoms with Crippen molar-refractivity contribution < 1.29 is 4.79 Å². The molecular formula is C21H17N3O. The average molecular weight is 327 g/mol. The lowest BCUT2D eigenvalue weighted by atomic mass is 10.1. The summed E-state index contributed by atoms with van der Waals surface area (Å²) in [5, 5.41) is 3.01. The van der Waals surface area contributed by atoms with Crippen LogP contribution in [0.4, 0.5) is 5.69 Å². The fourth-order valence-electron chi connectivity index (χ4n) is 2.99. The van der Waals surface area contributed by atoms with Crippen LogP contribution in [0.15, 0.2) is 91.3 Å². The summed E-state index contributed by atoms with van der Waals surface area (Å²) in [6.07, 6.45) is 1.73. The van der Waals surface area contributed by atoms with Gasteiger partial charge >= 0.3 is 0 Å². The number of anilines is 1. The number of nitrogens with zero attached hydrogens (tertiary/aromatic N) is 2. The molecule has 0 bridgehead atoms. The van der Waals surface area contributed by atoms with Crippen LogP contribution in [-0.4, -0.2) is 15.5 Å². The van der Waals surface area contributed by atoms with E-state index in [1.54, 1.807) is 6.33 Å². The molecule has 0 aliphatic rings. The number of hydrogen-bond acceptors (Lipinski definition) is 2. The van der Waals surface area contributed by atoms with Crippen LogP contribution in [0.5, 0.6) is 0 Å². The van der Waals surface area contributed by atoms with Gasteiger partial charge in [-0.2, -0.15) is 0 Å². The summed E-state index contributed by atoms with van der Waals surface area (Å²) in [4.78, 5) is 17.5. The molecule has 3 aromatic carbocycles. The maximum Gasteiger partial charge on any atom is 0.252 e. The molecule has 1 heterocycles. The van der Waals surface area contributed by atoms with Crippen molar-refractivity contribution in [1.82, 2.24) is 9.55 Å². The number of benzene rings is 3. The highest BCUT2D eigenvalue weighted by Gasteiger charge is 2.24. The Morgan fingerprint density at radius 3 is 2.24 bits per heavy atom. The molecule has 0 saturated heterocycles. The molecule has 1 atom stereocenters. The first kappa shape index (κ1) is 15.1. The molecule has 122 valence electrons. The van der Waals surface area contributed by atoms with Crippen LogP contribution in [0.25, 0.3) is 11.0 Å². The second-order valence-electron chi connectivity index (χ2n) is 5.81. The van der Waals surface area contributed by atoms with Crippen LogP contribution in [0.3, 0.4) is 0 Å². The highest BCUT2D eigenvalue weighted by atomic mass is 16.2. The minimum Gasteiger partial charge on any atom is -0.324 e. The number of carbonyl (C=O) groups excluding carboxylic acids is 1. The number of hydrogen-bond donors (Lipinski definition) is 1. The predicted octanol–water partition coefficient (Wildman–Crippen LogP) is 4.26. The van der Waals surface area contributed by atoms with Gasteiger partial charge in [-0.05, 0) is 29.8 Å². The number of aromatic nitrogens is 2. The number of nitrogens with one attached hydrogen (secondary N) is 1. The number of imidazole rings is 1. The van der Waals surface area contributed by atoms with Gasteiger partial charge < -0.3 is 9.88 Å². The van der Waals surface area contributed by atoms with Gasteiger partial charge in [0.05, 0.1) is 17.4 Å². The van der Waals surface area contributed by atoms with E-state index in [1.165, 1.54) is 0 Å². The van der Waals surface area contributed by atoms with Crippen molar-refractivity contribution in [3.05, 3.63) is 96.8 Å². The van der Waals surface area contributed by atoms with Gasteiger partial charge in [0, 0.05) is 5.69 Å². The summed E-state index contributed by atoms with van der Waals surface area (Å²) in [6, 6.07) is 26.6. The SMILES string of the molecule is O=C(Nc1ccccc1)[C@@H](c1ccccc1)n1cnc2ccccc21. The van der Waals surface area contributed by atoms with E-state index in [2.05, 4.69) is 10.3 Å². The third-order valence-corrected chi connectivity index (χ3v) is 4.16. The monoisotopic (exact) mass is 327 g/mol.